The molecular weight excluding hydrogens is 216 g/mol. The van der Waals surface area contributed by atoms with E-state index in [-0.39, 0.29) is 17.7 Å². The van der Waals surface area contributed by atoms with Gasteiger partial charge in [0.2, 0.25) is 5.91 Å². The van der Waals surface area contributed by atoms with E-state index in [1.165, 1.54) is 0 Å². The quantitative estimate of drug-likeness (QED) is 0.819. The molecule has 0 aliphatic heterocycles. The fourth-order valence-corrected chi connectivity index (χ4v) is 1.67. The van der Waals surface area contributed by atoms with Crippen molar-refractivity contribution in [2.24, 2.45) is 0 Å². The predicted octanol–water partition coefficient (Wildman–Crippen LogP) is 1.74. The number of hydrogen-bond acceptors (Lipinski definition) is 3. The normalized spacial score (nSPS) is 12.2. The lowest BCUT2D eigenvalue weighted by molar-refractivity contribution is -0.118. The zero-order chi connectivity index (χ0) is 12.8. The van der Waals surface area contributed by atoms with E-state index >= 15 is 0 Å². The molecule has 0 bridgehead atoms. The first-order valence-electron chi connectivity index (χ1n) is 5.83. The Morgan fingerprint density at radius 1 is 1.53 bits per heavy atom. The number of carbonyl (C=O) groups is 1. The van der Waals surface area contributed by atoms with Gasteiger partial charge in [-0.15, -0.1) is 0 Å². The smallest absolute Gasteiger partial charge is 0.228 e. The van der Waals surface area contributed by atoms with Crippen molar-refractivity contribution in [1.29, 1.82) is 0 Å². The number of nitrogens with zero attached hydrogens (tertiary/aromatic N) is 1. The second-order valence-electron chi connectivity index (χ2n) is 4.14. The van der Waals surface area contributed by atoms with Crippen molar-refractivity contribution in [2.75, 3.05) is 18.5 Å². The SMILES string of the molecule is CCNC(C)CC(=O)N(C)c1cccc(O)c1. The van der Waals surface area contributed by atoms with Gasteiger partial charge in [-0.25, -0.2) is 0 Å². The third-order valence-corrected chi connectivity index (χ3v) is 2.62. The predicted molar refractivity (Wildman–Crippen MR) is 69.3 cm³/mol. The number of anilines is 1. The molecule has 0 aromatic heterocycles. The van der Waals surface area contributed by atoms with E-state index in [0.29, 0.717) is 12.1 Å². The molecule has 1 aromatic carbocycles. The minimum atomic E-state index is 0.0315. The maximum absolute atomic E-state index is 11.9. The first-order chi connectivity index (χ1) is 8.04. The fraction of sp³-hybridized carbons (Fsp3) is 0.462. The second-order valence-corrected chi connectivity index (χ2v) is 4.14. The molecular formula is C13H20N2O2. The largest absolute Gasteiger partial charge is 0.508 e. The van der Waals surface area contributed by atoms with Crippen LogP contribution in [0.3, 0.4) is 0 Å². The van der Waals surface area contributed by atoms with Gasteiger partial charge in [0.1, 0.15) is 5.75 Å². The molecule has 2 N–H and O–H groups in total. The van der Waals surface area contributed by atoms with Crippen molar-refractivity contribution in [3.05, 3.63) is 24.3 Å². The van der Waals surface area contributed by atoms with Crippen LogP contribution in [-0.4, -0.2) is 30.6 Å². The number of phenolic OH excluding ortho intramolecular Hbond substituents is 1. The summed E-state index contributed by atoms with van der Waals surface area (Å²) < 4.78 is 0. The van der Waals surface area contributed by atoms with Gasteiger partial charge in [0, 0.05) is 31.3 Å². The van der Waals surface area contributed by atoms with Gasteiger partial charge in [-0.1, -0.05) is 13.0 Å². The molecule has 17 heavy (non-hydrogen) atoms. The van der Waals surface area contributed by atoms with E-state index in [0.717, 1.165) is 6.54 Å². The summed E-state index contributed by atoms with van der Waals surface area (Å²) in [7, 11) is 1.72. The van der Waals surface area contributed by atoms with Crippen molar-refractivity contribution < 1.29 is 9.90 Å². The Morgan fingerprint density at radius 2 is 2.24 bits per heavy atom. The standard InChI is InChI=1S/C13H20N2O2/c1-4-14-10(2)8-13(17)15(3)11-6-5-7-12(16)9-11/h5-7,9-10,14,16H,4,8H2,1-3H3. The molecule has 1 amide bonds. The average Bonchev–Trinajstić information content (AvgIpc) is 2.28. The molecule has 1 atom stereocenters. The molecule has 0 fully saturated rings. The summed E-state index contributed by atoms with van der Waals surface area (Å²) in [6.45, 7) is 4.85. The number of hydrogen-bond donors (Lipinski definition) is 2. The van der Waals surface area contributed by atoms with Crippen LogP contribution in [0.5, 0.6) is 5.75 Å². The molecule has 0 spiro atoms. The zero-order valence-electron chi connectivity index (χ0n) is 10.6. The summed E-state index contributed by atoms with van der Waals surface area (Å²) in [6.07, 6.45) is 0.444. The zero-order valence-corrected chi connectivity index (χ0v) is 10.6. The van der Waals surface area contributed by atoms with E-state index in [9.17, 15) is 9.90 Å². The lowest BCUT2D eigenvalue weighted by atomic mass is 10.2. The highest BCUT2D eigenvalue weighted by atomic mass is 16.3. The van der Waals surface area contributed by atoms with Crippen molar-refractivity contribution in [1.82, 2.24) is 5.32 Å². The van der Waals surface area contributed by atoms with Crippen LogP contribution in [0.4, 0.5) is 5.69 Å². The van der Waals surface area contributed by atoms with Gasteiger partial charge < -0.3 is 15.3 Å². The fourth-order valence-electron chi connectivity index (χ4n) is 1.67. The maximum Gasteiger partial charge on any atom is 0.228 e. The highest BCUT2D eigenvalue weighted by molar-refractivity contribution is 5.93. The summed E-state index contributed by atoms with van der Waals surface area (Å²) in [5.74, 6) is 0.200. The van der Waals surface area contributed by atoms with Gasteiger partial charge in [-0.3, -0.25) is 4.79 Å². The van der Waals surface area contributed by atoms with Crippen LogP contribution >= 0.6 is 0 Å². The minimum absolute atomic E-state index is 0.0315. The molecule has 4 nitrogen and oxygen atoms in total. The maximum atomic E-state index is 11.9. The first-order valence-corrected chi connectivity index (χ1v) is 5.83. The molecule has 0 aliphatic rings. The summed E-state index contributed by atoms with van der Waals surface area (Å²) in [5, 5.41) is 12.6. The molecule has 1 unspecified atom stereocenters. The van der Waals surface area contributed by atoms with Crippen molar-refractivity contribution >= 4 is 11.6 Å². The molecule has 0 saturated carbocycles. The van der Waals surface area contributed by atoms with Crippen LogP contribution in [0.15, 0.2) is 24.3 Å². The van der Waals surface area contributed by atoms with Crippen molar-refractivity contribution in [3.8, 4) is 5.75 Å². The van der Waals surface area contributed by atoms with E-state index in [1.54, 1.807) is 36.2 Å². The Balaban J connectivity index is 2.63. The molecule has 94 valence electrons. The monoisotopic (exact) mass is 236 g/mol. The Bertz CT molecular complexity index is 379. The van der Waals surface area contributed by atoms with Gasteiger partial charge in [0.05, 0.1) is 0 Å². The molecule has 4 heteroatoms. The highest BCUT2D eigenvalue weighted by Crippen LogP contribution is 2.19. The summed E-state index contributed by atoms with van der Waals surface area (Å²) in [6, 6.07) is 6.85. The Labute approximate surface area is 102 Å². The summed E-state index contributed by atoms with van der Waals surface area (Å²) in [5.41, 5.74) is 0.707. The first kappa shape index (κ1) is 13.5. The molecule has 1 rings (SSSR count). The number of aromatic hydroxyl groups is 1. The van der Waals surface area contributed by atoms with Crippen LogP contribution in [-0.2, 0) is 4.79 Å². The Morgan fingerprint density at radius 3 is 2.82 bits per heavy atom. The number of rotatable bonds is 5. The molecule has 0 saturated heterocycles. The van der Waals surface area contributed by atoms with E-state index in [1.807, 2.05) is 13.8 Å². The topological polar surface area (TPSA) is 52.6 Å². The Kier molecular flexibility index (Phi) is 4.97. The van der Waals surface area contributed by atoms with Crippen LogP contribution in [0.1, 0.15) is 20.3 Å². The molecule has 0 radical (unpaired) electrons. The second kappa shape index (κ2) is 6.25. The van der Waals surface area contributed by atoms with Gasteiger partial charge in [-0.05, 0) is 25.6 Å². The number of phenols is 1. The third-order valence-electron chi connectivity index (χ3n) is 2.62. The van der Waals surface area contributed by atoms with E-state index < -0.39 is 0 Å². The summed E-state index contributed by atoms with van der Waals surface area (Å²) in [4.78, 5) is 13.5. The third kappa shape index (κ3) is 4.07. The van der Waals surface area contributed by atoms with Crippen LogP contribution < -0.4 is 10.2 Å². The summed E-state index contributed by atoms with van der Waals surface area (Å²) >= 11 is 0. The van der Waals surface area contributed by atoms with E-state index in [2.05, 4.69) is 5.32 Å². The Hall–Kier alpha value is -1.55. The molecule has 0 aliphatic carbocycles. The number of nitrogens with one attached hydrogen (secondary N) is 1. The van der Waals surface area contributed by atoms with Gasteiger partial charge >= 0.3 is 0 Å². The lowest BCUT2D eigenvalue weighted by Gasteiger charge is -2.20. The van der Waals surface area contributed by atoms with Gasteiger partial charge in [0.15, 0.2) is 0 Å². The number of amides is 1. The van der Waals surface area contributed by atoms with Crippen molar-refractivity contribution in [3.63, 3.8) is 0 Å². The average molecular weight is 236 g/mol. The highest BCUT2D eigenvalue weighted by Gasteiger charge is 2.14. The number of carbonyl (C=O) groups excluding carboxylic acids is 1. The van der Waals surface area contributed by atoms with Crippen LogP contribution in [0.2, 0.25) is 0 Å². The molecule has 1 aromatic rings. The number of benzene rings is 1. The minimum Gasteiger partial charge on any atom is -0.508 e. The van der Waals surface area contributed by atoms with E-state index in [4.69, 9.17) is 0 Å². The van der Waals surface area contributed by atoms with Crippen LogP contribution in [0, 0.1) is 0 Å². The van der Waals surface area contributed by atoms with Gasteiger partial charge in [0.25, 0.3) is 0 Å². The van der Waals surface area contributed by atoms with Crippen LogP contribution in [0.25, 0.3) is 0 Å². The molecule has 0 heterocycles. The lowest BCUT2D eigenvalue weighted by Crippen LogP contribution is -2.34. The van der Waals surface area contributed by atoms with Crippen molar-refractivity contribution in [2.45, 2.75) is 26.3 Å². The van der Waals surface area contributed by atoms with Gasteiger partial charge in [-0.2, -0.15) is 0 Å².